The molecular formula is C13H15BrN2O3. The number of alkyl halides is 1. The van der Waals surface area contributed by atoms with Crippen LogP contribution >= 0.6 is 15.9 Å². The average Bonchev–Trinajstić information content (AvgIpc) is 2.46. The molecule has 1 aliphatic heterocycles. The van der Waals surface area contributed by atoms with Crippen molar-refractivity contribution in [2.45, 2.75) is 12.8 Å². The minimum absolute atomic E-state index is 0.00884. The van der Waals surface area contributed by atoms with Crippen molar-refractivity contribution in [1.82, 2.24) is 4.90 Å². The Labute approximate surface area is 119 Å². The third-order valence-corrected chi connectivity index (χ3v) is 4.36. The maximum Gasteiger partial charge on any atom is 0.269 e. The van der Waals surface area contributed by atoms with E-state index >= 15 is 0 Å². The normalized spacial score (nSPS) is 16.4. The number of piperidine rings is 1. The zero-order chi connectivity index (χ0) is 13.8. The topological polar surface area (TPSA) is 63.4 Å². The summed E-state index contributed by atoms with van der Waals surface area (Å²) in [7, 11) is 0. The number of carbonyl (C=O) groups is 1. The summed E-state index contributed by atoms with van der Waals surface area (Å²) in [6.07, 6.45) is 2.01. The van der Waals surface area contributed by atoms with Crippen LogP contribution in [0.3, 0.4) is 0 Å². The molecule has 0 radical (unpaired) electrons. The molecule has 0 spiro atoms. The molecule has 1 aromatic rings. The largest absolute Gasteiger partial charge is 0.339 e. The lowest BCUT2D eigenvalue weighted by atomic mass is 9.98. The lowest BCUT2D eigenvalue weighted by molar-refractivity contribution is -0.384. The Morgan fingerprint density at radius 2 is 1.89 bits per heavy atom. The Morgan fingerprint density at radius 1 is 1.32 bits per heavy atom. The molecule has 1 heterocycles. The molecule has 0 N–H and O–H groups in total. The molecule has 1 amide bonds. The van der Waals surface area contributed by atoms with E-state index in [9.17, 15) is 14.9 Å². The number of benzene rings is 1. The van der Waals surface area contributed by atoms with Gasteiger partial charge in [0.15, 0.2) is 0 Å². The fourth-order valence-corrected chi connectivity index (χ4v) is 2.85. The first kappa shape index (κ1) is 14.0. The van der Waals surface area contributed by atoms with Crippen LogP contribution in [0.2, 0.25) is 0 Å². The van der Waals surface area contributed by atoms with E-state index in [4.69, 9.17) is 0 Å². The molecule has 5 nitrogen and oxygen atoms in total. The van der Waals surface area contributed by atoms with E-state index in [1.54, 1.807) is 0 Å². The van der Waals surface area contributed by atoms with Gasteiger partial charge in [-0.2, -0.15) is 0 Å². The van der Waals surface area contributed by atoms with Gasteiger partial charge in [0.1, 0.15) is 0 Å². The minimum Gasteiger partial charge on any atom is -0.339 e. The first-order valence-corrected chi connectivity index (χ1v) is 7.33. The van der Waals surface area contributed by atoms with E-state index < -0.39 is 4.92 Å². The van der Waals surface area contributed by atoms with Crippen LogP contribution in [-0.4, -0.2) is 34.2 Å². The molecule has 1 aliphatic rings. The molecule has 0 unspecified atom stereocenters. The fraction of sp³-hybridized carbons (Fsp3) is 0.462. The number of halogens is 1. The van der Waals surface area contributed by atoms with Crippen LogP contribution in [0.25, 0.3) is 0 Å². The van der Waals surface area contributed by atoms with Crippen molar-refractivity contribution in [1.29, 1.82) is 0 Å². The number of likely N-dealkylation sites (tertiary alicyclic amines) is 1. The van der Waals surface area contributed by atoms with E-state index in [-0.39, 0.29) is 11.6 Å². The molecule has 19 heavy (non-hydrogen) atoms. The van der Waals surface area contributed by atoms with Crippen molar-refractivity contribution in [2.75, 3.05) is 18.4 Å². The molecule has 6 heteroatoms. The highest BCUT2D eigenvalue weighted by Gasteiger charge is 2.23. The van der Waals surface area contributed by atoms with E-state index in [1.807, 2.05) is 4.90 Å². The van der Waals surface area contributed by atoms with E-state index in [2.05, 4.69) is 15.9 Å². The van der Waals surface area contributed by atoms with Gasteiger partial charge < -0.3 is 4.90 Å². The molecular weight excluding hydrogens is 312 g/mol. The molecule has 0 aromatic heterocycles. The number of rotatable bonds is 3. The summed E-state index contributed by atoms with van der Waals surface area (Å²) in [5, 5.41) is 11.5. The van der Waals surface area contributed by atoms with Crippen LogP contribution < -0.4 is 0 Å². The summed E-state index contributed by atoms with van der Waals surface area (Å²) >= 11 is 3.47. The van der Waals surface area contributed by atoms with Crippen LogP contribution in [0, 0.1) is 16.0 Å². The standard InChI is InChI=1S/C13H15BrN2O3/c14-9-10-5-7-15(8-6-10)13(17)11-1-3-12(4-2-11)16(18)19/h1-4,10H,5-9H2. The summed E-state index contributed by atoms with van der Waals surface area (Å²) in [5.74, 6) is 0.601. The average molecular weight is 327 g/mol. The monoisotopic (exact) mass is 326 g/mol. The van der Waals surface area contributed by atoms with Crippen molar-refractivity contribution < 1.29 is 9.72 Å². The van der Waals surface area contributed by atoms with Crippen molar-refractivity contribution >= 4 is 27.5 Å². The maximum absolute atomic E-state index is 12.2. The molecule has 102 valence electrons. The molecule has 1 fully saturated rings. The second-order valence-corrected chi connectivity index (χ2v) is 5.34. The lowest BCUT2D eigenvalue weighted by Crippen LogP contribution is -2.38. The number of non-ortho nitro benzene ring substituents is 1. The van der Waals surface area contributed by atoms with E-state index in [1.165, 1.54) is 24.3 Å². The number of nitrogens with zero attached hydrogens (tertiary/aromatic N) is 2. The fourth-order valence-electron chi connectivity index (χ4n) is 2.20. The van der Waals surface area contributed by atoms with Crippen molar-refractivity contribution in [3.63, 3.8) is 0 Å². The molecule has 0 bridgehead atoms. The molecule has 2 rings (SSSR count). The Hall–Kier alpha value is -1.43. The number of hydrogen-bond donors (Lipinski definition) is 0. The zero-order valence-corrected chi connectivity index (χ0v) is 12.0. The first-order valence-electron chi connectivity index (χ1n) is 6.21. The van der Waals surface area contributed by atoms with Gasteiger partial charge in [0.05, 0.1) is 4.92 Å². The Bertz CT molecular complexity index is 467. The van der Waals surface area contributed by atoms with Gasteiger partial charge in [-0.1, -0.05) is 15.9 Å². The van der Waals surface area contributed by atoms with Crippen molar-refractivity contribution in [2.24, 2.45) is 5.92 Å². The Balaban J connectivity index is 2.02. The lowest BCUT2D eigenvalue weighted by Gasteiger charge is -2.31. The highest BCUT2D eigenvalue weighted by molar-refractivity contribution is 9.09. The summed E-state index contributed by atoms with van der Waals surface area (Å²) in [4.78, 5) is 24.1. The van der Waals surface area contributed by atoms with Crippen LogP contribution in [-0.2, 0) is 0 Å². The van der Waals surface area contributed by atoms with E-state index in [0.29, 0.717) is 11.5 Å². The summed E-state index contributed by atoms with van der Waals surface area (Å²) in [5.41, 5.74) is 0.525. The number of nitro benzene ring substituents is 1. The second-order valence-electron chi connectivity index (χ2n) is 4.69. The number of hydrogen-bond acceptors (Lipinski definition) is 3. The van der Waals surface area contributed by atoms with Gasteiger partial charge >= 0.3 is 0 Å². The predicted octanol–water partition coefficient (Wildman–Crippen LogP) is 2.84. The summed E-state index contributed by atoms with van der Waals surface area (Å²) in [6.45, 7) is 1.51. The predicted molar refractivity (Wildman–Crippen MR) is 75.5 cm³/mol. The van der Waals surface area contributed by atoms with Gasteiger partial charge in [0, 0.05) is 36.1 Å². The maximum atomic E-state index is 12.2. The Morgan fingerprint density at radius 3 is 2.37 bits per heavy atom. The third-order valence-electron chi connectivity index (χ3n) is 3.45. The number of carbonyl (C=O) groups excluding carboxylic acids is 1. The van der Waals surface area contributed by atoms with Gasteiger partial charge in [-0.3, -0.25) is 14.9 Å². The number of amides is 1. The number of nitro groups is 1. The Kier molecular flexibility index (Phi) is 4.52. The van der Waals surface area contributed by atoms with Gasteiger partial charge in [0.25, 0.3) is 11.6 Å². The van der Waals surface area contributed by atoms with Crippen LogP contribution in [0.4, 0.5) is 5.69 Å². The van der Waals surface area contributed by atoms with Crippen LogP contribution in [0.15, 0.2) is 24.3 Å². The molecule has 0 atom stereocenters. The smallest absolute Gasteiger partial charge is 0.269 e. The summed E-state index contributed by atoms with van der Waals surface area (Å²) < 4.78 is 0. The second kappa shape index (κ2) is 6.14. The molecule has 1 saturated heterocycles. The minimum atomic E-state index is -0.463. The van der Waals surface area contributed by atoms with Gasteiger partial charge in [-0.15, -0.1) is 0 Å². The zero-order valence-electron chi connectivity index (χ0n) is 10.4. The van der Waals surface area contributed by atoms with Gasteiger partial charge in [0.2, 0.25) is 0 Å². The van der Waals surface area contributed by atoms with Crippen LogP contribution in [0.1, 0.15) is 23.2 Å². The van der Waals surface area contributed by atoms with E-state index in [0.717, 1.165) is 31.3 Å². The molecule has 0 saturated carbocycles. The van der Waals surface area contributed by atoms with Gasteiger partial charge in [-0.05, 0) is 30.9 Å². The SMILES string of the molecule is O=C(c1ccc([N+](=O)[O-])cc1)N1CCC(CBr)CC1. The first-order chi connectivity index (χ1) is 9.11. The highest BCUT2D eigenvalue weighted by Crippen LogP contribution is 2.21. The third kappa shape index (κ3) is 3.32. The molecule has 0 aliphatic carbocycles. The molecule has 1 aromatic carbocycles. The van der Waals surface area contributed by atoms with Gasteiger partial charge in [-0.25, -0.2) is 0 Å². The summed E-state index contributed by atoms with van der Waals surface area (Å²) in [6, 6.07) is 5.80. The highest BCUT2D eigenvalue weighted by atomic mass is 79.9. The quantitative estimate of drug-likeness (QED) is 0.487. The van der Waals surface area contributed by atoms with Crippen molar-refractivity contribution in [3.05, 3.63) is 39.9 Å². The van der Waals surface area contributed by atoms with Crippen molar-refractivity contribution in [3.8, 4) is 0 Å². The van der Waals surface area contributed by atoms with Crippen LogP contribution in [0.5, 0.6) is 0 Å².